The number of aromatic nitrogens is 1. The van der Waals surface area contributed by atoms with Crippen LogP contribution < -0.4 is 5.32 Å². The Morgan fingerprint density at radius 2 is 2.56 bits per heavy atom. The number of aliphatic hydroxyl groups excluding tert-OH is 1. The lowest BCUT2D eigenvalue weighted by Gasteiger charge is -2.21. The molecule has 16 heavy (non-hydrogen) atoms. The molecule has 0 spiro atoms. The van der Waals surface area contributed by atoms with E-state index in [-0.39, 0.29) is 12.5 Å². The van der Waals surface area contributed by atoms with Gasteiger partial charge in [0.25, 0.3) is 0 Å². The standard InChI is InChI=1S/C12H20N2O2/c1-9(7-15)11-8-16-12(14-11)5-10-3-2-4-13-6-10/h8-10,13,15H,2-7H2,1H3. The lowest BCUT2D eigenvalue weighted by Crippen LogP contribution is -2.30. The van der Waals surface area contributed by atoms with Gasteiger partial charge in [-0.3, -0.25) is 0 Å². The molecule has 1 saturated heterocycles. The summed E-state index contributed by atoms with van der Waals surface area (Å²) in [7, 11) is 0. The fourth-order valence-corrected chi connectivity index (χ4v) is 2.08. The van der Waals surface area contributed by atoms with E-state index in [1.54, 1.807) is 6.26 Å². The minimum Gasteiger partial charge on any atom is -0.449 e. The van der Waals surface area contributed by atoms with Gasteiger partial charge >= 0.3 is 0 Å². The summed E-state index contributed by atoms with van der Waals surface area (Å²) in [5.74, 6) is 1.52. The summed E-state index contributed by atoms with van der Waals surface area (Å²) in [6, 6.07) is 0. The molecule has 1 aliphatic heterocycles. The van der Waals surface area contributed by atoms with E-state index in [4.69, 9.17) is 9.52 Å². The normalized spacial score (nSPS) is 23.2. The monoisotopic (exact) mass is 224 g/mol. The molecule has 0 bridgehead atoms. The highest BCUT2D eigenvalue weighted by atomic mass is 16.3. The fourth-order valence-electron chi connectivity index (χ4n) is 2.08. The summed E-state index contributed by atoms with van der Waals surface area (Å²) in [5, 5.41) is 12.4. The van der Waals surface area contributed by atoms with Crippen LogP contribution in [0.3, 0.4) is 0 Å². The zero-order chi connectivity index (χ0) is 11.4. The van der Waals surface area contributed by atoms with E-state index < -0.39 is 0 Å². The molecule has 2 rings (SSSR count). The lowest BCUT2D eigenvalue weighted by atomic mass is 9.96. The van der Waals surface area contributed by atoms with Crippen LogP contribution in [0.2, 0.25) is 0 Å². The number of aliphatic hydroxyl groups is 1. The zero-order valence-corrected chi connectivity index (χ0v) is 9.78. The largest absolute Gasteiger partial charge is 0.449 e. The third-order valence-corrected chi connectivity index (χ3v) is 3.21. The molecule has 2 N–H and O–H groups in total. The molecule has 2 heterocycles. The lowest BCUT2D eigenvalue weighted by molar-refractivity contribution is 0.271. The average molecular weight is 224 g/mol. The summed E-state index contributed by atoms with van der Waals surface area (Å²) >= 11 is 0. The molecule has 2 unspecified atom stereocenters. The van der Waals surface area contributed by atoms with E-state index in [1.165, 1.54) is 12.8 Å². The van der Waals surface area contributed by atoms with Gasteiger partial charge in [0.2, 0.25) is 0 Å². The Kier molecular flexibility index (Phi) is 3.96. The minimum atomic E-state index is 0.0713. The second-order valence-electron chi connectivity index (χ2n) is 4.67. The van der Waals surface area contributed by atoms with E-state index in [0.717, 1.165) is 31.1 Å². The third kappa shape index (κ3) is 2.83. The fraction of sp³-hybridized carbons (Fsp3) is 0.750. The van der Waals surface area contributed by atoms with Crippen LogP contribution >= 0.6 is 0 Å². The van der Waals surface area contributed by atoms with Crippen molar-refractivity contribution in [2.45, 2.75) is 32.1 Å². The van der Waals surface area contributed by atoms with Crippen molar-refractivity contribution in [2.75, 3.05) is 19.7 Å². The summed E-state index contributed by atoms with van der Waals surface area (Å²) in [6.45, 7) is 4.27. The van der Waals surface area contributed by atoms with Gasteiger partial charge in [-0.05, 0) is 31.8 Å². The van der Waals surface area contributed by atoms with E-state index in [0.29, 0.717) is 5.92 Å². The van der Waals surface area contributed by atoms with Gasteiger partial charge in [-0.1, -0.05) is 6.92 Å². The van der Waals surface area contributed by atoms with Crippen LogP contribution in [0.25, 0.3) is 0 Å². The quantitative estimate of drug-likeness (QED) is 0.809. The van der Waals surface area contributed by atoms with E-state index >= 15 is 0 Å². The van der Waals surface area contributed by atoms with Crippen molar-refractivity contribution >= 4 is 0 Å². The molecular weight excluding hydrogens is 204 g/mol. The number of nitrogens with one attached hydrogen (secondary N) is 1. The van der Waals surface area contributed by atoms with Gasteiger partial charge in [-0.25, -0.2) is 4.98 Å². The molecule has 1 aromatic rings. The molecule has 0 amide bonds. The molecule has 0 saturated carbocycles. The molecule has 1 aliphatic rings. The van der Waals surface area contributed by atoms with Crippen LogP contribution in [-0.4, -0.2) is 29.8 Å². The highest BCUT2D eigenvalue weighted by Gasteiger charge is 2.17. The van der Waals surface area contributed by atoms with Crippen LogP contribution in [0.15, 0.2) is 10.7 Å². The van der Waals surface area contributed by atoms with E-state index in [2.05, 4.69) is 10.3 Å². The van der Waals surface area contributed by atoms with Gasteiger partial charge in [-0.2, -0.15) is 0 Å². The second-order valence-corrected chi connectivity index (χ2v) is 4.67. The number of hydrogen-bond acceptors (Lipinski definition) is 4. The first-order valence-corrected chi connectivity index (χ1v) is 6.05. The molecule has 1 fully saturated rings. The first-order valence-electron chi connectivity index (χ1n) is 6.05. The topological polar surface area (TPSA) is 58.3 Å². The predicted molar refractivity (Wildman–Crippen MR) is 61.3 cm³/mol. The first-order chi connectivity index (χ1) is 7.79. The first kappa shape index (κ1) is 11.6. The number of rotatable bonds is 4. The smallest absolute Gasteiger partial charge is 0.194 e. The second kappa shape index (κ2) is 5.46. The summed E-state index contributed by atoms with van der Waals surface area (Å²) in [4.78, 5) is 4.42. The summed E-state index contributed by atoms with van der Waals surface area (Å²) in [6.07, 6.45) is 5.07. The number of hydrogen-bond donors (Lipinski definition) is 2. The molecular formula is C12H20N2O2. The molecule has 4 heteroatoms. The minimum absolute atomic E-state index is 0.0713. The van der Waals surface area contributed by atoms with Crippen molar-refractivity contribution in [3.63, 3.8) is 0 Å². The molecule has 0 aromatic carbocycles. The van der Waals surface area contributed by atoms with Gasteiger partial charge in [0.1, 0.15) is 6.26 Å². The van der Waals surface area contributed by atoms with Crippen LogP contribution in [0.1, 0.15) is 37.3 Å². The average Bonchev–Trinajstić information content (AvgIpc) is 2.78. The van der Waals surface area contributed by atoms with Crippen LogP contribution in [0, 0.1) is 5.92 Å². The molecule has 1 aromatic heterocycles. The van der Waals surface area contributed by atoms with Crippen LogP contribution in [0.4, 0.5) is 0 Å². The number of nitrogens with zero attached hydrogens (tertiary/aromatic N) is 1. The Hall–Kier alpha value is -0.870. The molecule has 2 atom stereocenters. The van der Waals surface area contributed by atoms with Gasteiger partial charge < -0.3 is 14.8 Å². The van der Waals surface area contributed by atoms with E-state index in [9.17, 15) is 0 Å². The Bertz CT molecular complexity index is 319. The van der Waals surface area contributed by atoms with Crippen molar-refractivity contribution in [1.29, 1.82) is 0 Å². The summed E-state index contributed by atoms with van der Waals surface area (Å²) in [5.41, 5.74) is 0.862. The van der Waals surface area contributed by atoms with Crippen molar-refractivity contribution in [3.05, 3.63) is 17.8 Å². The number of piperidine rings is 1. The SMILES string of the molecule is CC(CO)c1coc(CC2CCCNC2)n1. The van der Waals surface area contributed by atoms with Crippen molar-refractivity contribution in [2.24, 2.45) is 5.92 Å². The highest BCUT2D eigenvalue weighted by molar-refractivity contribution is 5.03. The van der Waals surface area contributed by atoms with Gasteiger partial charge in [0, 0.05) is 12.3 Å². The van der Waals surface area contributed by atoms with Crippen LogP contribution in [0.5, 0.6) is 0 Å². The van der Waals surface area contributed by atoms with Crippen molar-refractivity contribution in [3.8, 4) is 0 Å². The van der Waals surface area contributed by atoms with Gasteiger partial charge in [-0.15, -0.1) is 0 Å². The molecule has 0 radical (unpaired) electrons. The summed E-state index contributed by atoms with van der Waals surface area (Å²) < 4.78 is 5.44. The van der Waals surface area contributed by atoms with Crippen molar-refractivity contribution < 1.29 is 9.52 Å². The maximum atomic E-state index is 9.03. The Morgan fingerprint density at radius 1 is 1.69 bits per heavy atom. The zero-order valence-electron chi connectivity index (χ0n) is 9.78. The third-order valence-electron chi connectivity index (χ3n) is 3.21. The highest BCUT2D eigenvalue weighted by Crippen LogP contribution is 2.19. The molecule has 0 aliphatic carbocycles. The van der Waals surface area contributed by atoms with Crippen LogP contribution in [-0.2, 0) is 6.42 Å². The Labute approximate surface area is 96.1 Å². The van der Waals surface area contributed by atoms with E-state index in [1.807, 2.05) is 6.92 Å². The Balaban J connectivity index is 1.91. The number of oxazole rings is 1. The maximum absolute atomic E-state index is 9.03. The molecule has 4 nitrogen and oxygen atoms in total. The maximum Gasteiger partial charge on any atom is 0.194 e. The van der Waals surface area contributed by atoms with Crippen molar-refractivity contribution in [1.82, 2.24) is 10.3 Å². The predicted octanol–water partition coefficient (Wildman–Crippen LogP) is 1.31. The van der Waals surface area contributed by atoms with Gasteiger partial charge in [0.05, 0.1) is 12.3 Å². The van der Waals surface area contributed by atoms with Gasteiger partial charge in [0.15, 0.2) is 5.89 Å². The molecule has 90 valence electrons. The Morgan fingerprint density at radius 3 is 3.25 bits per heavy atom.